The average Bonchev–Trinajstić information content (AvgIpc) is 3.03. The molecule has 2 aliphatic rings. The molecule has 0 aromatic carbocycles. The molecule has 2 rings (SSSR count). The van der Waals surface area contributed by atoms with Crippen LogP contribution in [0.2, 0.25) is 0 Å². The molecule has 0 radical (unpaired) electrons. The molecule has 5 nitrogen and oxygen atoms in total. The third-order valence-electron chi connectivity index (χ3n) is 4.29. The van der Waals surface area contributed by atoms with E-state index in [2.05, 4.69) is 16.0 Å². The van der Waals surface area contributed by atoms with E-state index in [0.717, 1.165) is 32.4 Å². The van der Waals surface area contributed by atoms with E-state index in [1.54, 1.807) is 6.92 Å². The van der Waals surface area contributed by atoms with Crippen LogP contribution < -0.4 is 16.0 Å². The Morgan fingerprint density at radius 1 is 1.16 bits per heavy atom. The van der Waals surface area contributed by atoms with Crippen molar-refractivity contribution >= 4 is 11.8 Å². The minimum Gasteiger partial charge on any atom is -0.352 e. The zero-order chi connectivity index (χ0) is 14.0. The monoisotopic (exact) mass is 267 g/mol. The van der Waals surface area contributed by atoms with Gasteiger partial charge in [-0.2, -0.15) is 0 Å². The number of piperidine rings is 1. The molecule has 108 valence electrons. The van der Waals surface area contributed by atoms with Crippen molar-refractivity contribution in [3.05, 3.63) is 0 Å². The summed E-state index contributed by atoms with van der Waals surface area (Å²) in [6.07, 6.45) is 3.15. The maximum absolute atomic E-state index is 12.2. The fourth-order valence-corrected chi connectivity index (χ4v) is 2.98. The van der Waals surface area contributed by atoms with Crippen LogP contribution in [0.1, 0.15) is 40.0 Å². The quantitative estimate of drug-likeness (QED) is 0.691. The van der Waals surface area contributed by atoms with E-state index < -0.39 is 6.04 Å². The molecule has 2 amide bonds. The van der Waals surface area contributed by atoms with Gasteiger partial charge in [0.25, 0.3) is 0 Å². The van der Waals surface area contributed by atoms with Gasteiger partial charge in [0.2, 0.25) is 11.8 Å². The number of nitrogens with one attached hydrogen (secondary N) is 3. The molecule has 3 N–H and O–H groups in total. The van der Waals surface area contributed by atoms with Gasteiger partial charge in [0.05, 0.1) is 0 Å². The summed E-state index contributed by atoms with van der Waals surface area (Å²) in [6.45, 7) is 7.59. The molecule has 2 fully saturated rings. The van der Waals surface area contributed by atoms with Crippen LogP contribution in [0.25, 0.3) is 0 Å². The molecule has 19 heavy (non-hydrogen) atoms. The molecule has 2 unspecified atom stereocenters. The zero-order valence-electron chi connectivity index (χ0n) is 12.1. The van der Waals surface area contributed by atoms with Crippen molar-refractivity contribution in [2.45, 2.75) is 52.1 Å². The molecule has 1 saturated carbocycles. The van der Waals surface area contributed by atoms with Crippen LogP contribution in [0.4, 0.5) is 0 Å². The first-order valence-electron chi connectivity index (χ1n) is 7.26. The Kier molecular flexibility index (Phi) is 4.13. The average molecular weight is 267 g/mol. The Balaban J connectivity index is 1.80. The third-order valence-corrected chi connectivity index (χ3v) is 4.29. The zero-order valence-corrected chi connectivity index (χ0v) is 12.1. The summed E-state index contributed by atoms with van der Waals surface area (Å²) in [7, 11) is 0. The van der Waals surface area contributed by atoms with Crippen LogP contribution in [0, 0.1) is 11.3 Å². The number of hydrogen-bond donors (Lipinski definition) is 3. The number of carbonyl (C=O) groups excluding carboxylic acids is 2. The van der Waals surface area contributed by atoms with Crippen LogP contribution in [0.5, 0.6) is 0 Å². The van der Waals surface area contributed by atoms with Crippen molar-refractivity contribution in [1.82, 2.24) is 16.0 Å². The smallest absolute Gasteiger partial charge is 0.242 e. The highest BCUT2D eigenvalue weighted by Crippen LogP contribution is 2.58. The van der Waals surface area contributed by atoms with Gasteiger partial charge in [0.1, 0.15) is 6.04 Å². The highest BCUT2D eigenvalue weighted by Gasteiger charge is 2.57. The van der Waals surface area contributed by atoms with Crippen molar-refractivity contribution in [3.63, 3.8) is 0 Å². The van der Waals surface area contributed by atoms with Crippen LogP contribution in [0.15, 0.2) is 0 Å². The van der Waals surface area contributed by atoms with Gasteiger partial charge in [-0.25, -0.2) is 0 Å². The van der Waals surface area contributed by atoms with E-state index in [0.29, 0.717) is 0 Å². The summed E-state index contributed by atoms with van der Waals surface area (Å²) >= 11 is 0. The third kappa shape index (κ3) is 3.26. The van der Waals surface area contributed by atoms with E-state index in [-0.39, 0.29) is 29.2 Å². The molecule has 0 bridgehead atoms. The Labute approximate surface area is 114 Å². The lowest BCUT2D eigenvalue weighted by Crippen LogP contribution is -2.47. The van der Waals surface area contributed by atoms with Crippen molar-refractivity contribution in [2.24, 2.45) is 11.3 Å². The molecule has 1 spiro atoms. The minimum atomic E-state index is -0.450. The van der Waals surface area contributed by atoms with Gasteiger partial charge in [-0.3, -0.25) is 9.59 Å². The van der Waals surface area contributed by atoms with E-state index >= 15 is 0 Å². The van der Waals surface area contributed by atoms with Gasteiger partial charge in [0, 0.05) is 12.0 Å². The fourth-order valence-electron chi connectivity index (χ4n) is 2.98. The lowest BCUT2D eigenvalue weighted by Gasteiger charge is -2.23. The minimum absolute atomic E-state index is 0.0494. The number of carbonyl (C=O) groups is 2. The Bertz CT molecular complexity index is 362. The fraction of sp³-hybridized carbons (Fsp3) is 0.857. The molecule has 5 heteroatoms. The predicted molar refractivity (Wildman–Crippen MR) is 73.5 cm³/mol. The normalized spacial score (nSPS) is 26.0. The maximum atomic E-state index is 12.2. The highest BCUT2D eigenvalue weighted by molar-refractivity contribution is 5.89. The molecular formula is C14H25N3O2. The summed E-state index contributed by atoms with van der Waals surface area (Å²) in [4.78, 5) is 23.9. The summed E-state index contributed by atoms with van der Waals surface area (Å²) in [5.41, 5.74) is 0.226. The van der Waals surface area contributed by atoms with Crippen molar-refractivity contribution in [3.8, 4) is 0 Å². The first-order valence-corrected chi connectivity index (χ1v) is 7.26. The largest absolute Gasteiger partial charge is 0.352 e. The second-order valence-electron chi connectivity index (χ2n) is 6.26. The van der Waals surface area contributed by atoms with Gasteiger partial charge in [-0.05, 0) is 58.5 Å². The first-order chi connectivity index (χ1) is 8.94. The molecule has 1 saturated heterocycles. The SMILES string of the molecule is CC(C)NC(=O)C(C)NC(=O)C1CC12CCNCC2. The van der Waals surface area contributed by atoms with Crippen LogP contribution in [-0.2, 0) is 9.59 Å². The Morgan fingerprint density at radius 3 is 2.37 bits per heavy atom. The van der Waals surface area contributed by atoms with Crippen molar-refractivity contribution in [2.75, 3.05) is 13.1 Å². The van der Waals surface area contributed by atoms with Gasteiger partial charge in [-0.15, -0.1) is 0 Å². The topological polar surface area (TPSA) is 70.2 Å². The summed E-state index contributed by atoms with van der Waals surface area (Å²) in [6, 6.07) is -0.349. The van der Waals surface area contributed by atoms with Crippen molar-refractivity contribution < 1.29 is 9.59 Å². The predicted octanol–water partition coefficient (Wildman–Crippen LogP) is 0.405. The molecule has 1 aliphatic carbocycles. The number of amides is 2. The summed E-state index contributed by atoms with van der Waals surface area (Å²) in [5.74, 6) is 0.0561. The molecule has 0 aromatic rings. The number of hydrogen-bond acceptors (Lipinski definition) is 3. The van der Waals surface area contributed by atoms with Crippen LogP contribution >= 0.6 is 0 Å². The van der Waals surface area contributed by atoms with Crippen LogP contribution in [0.3, 0.4) is 0 Å². The van der Waals surface area contributed by atoms with Crippen molar-refractivity contribution in [1.29, 1.82) is 0 Å². The summed E-state index contributed by atoms with van der Waals surface area (Å²) < 4.78 is 0. The molecule has 1 aliphatic heterocycles. The lowest BCUT2D eigenvalue weighted by molar-refractivity contribution is -0.130. The molecule has 0 aromatic heterocycles. The molecule has 2 atom stereocenters. The van der Waals surface area contributed by atoms with Gasteiger partial charge in [-0.1, -0.05) is 0 Å². The lowest BCUT2D eigenvalue weighted by atomic mass is 9.91. The second-order valence-corrected chi connectivity index (χ2v) is 6.26. The molecular weight excluding hydrogens is 242 g/mol. The first kappa shape index (κ1) is 14.3. The summed E-state index contributed by atoms with van der Waals surface area (Å²) in [5, 5.41) is 8.99. The Morgan fingerprint density at radius 2 is 1.79 bits per heavy atom. The maximum Gasteiger partial charge on any atom is 0.242 e. The van der Waals surface area contributed by atoms with Gasteiger partial charge in [0.15, 0.2) is 0 Å². The number of rotatable bonds is 4. The Hall–Kier alpha value is -1.10. The van der Waals surface area contributed by atoms with Gasteiger partial charge < -0.3 is 16.0 Å². The van der Waals surface area contributed by atoms with E-state index in [9.17, 15) is 9.59 Å². The van der Waals surface area contributed by atoms with E-state index in [1.807, 2.05) is 13.8 Å². The van der Waals surface area contributed by atoms with E-state index in [1.165, 1.54) is 0 Å². The second kappa shape index (κ2) is 5.49. The van der Waals surface area contributed by atoms with E-state index in [4.69, 9.17) is 0 Å². The molecule has 1 heterocycles. The van der Waals surface area contributed by atoms with Crippen LogP contribution in [-0.4, -0.2) is 37.0 Å². The highest BCUT2D eigenvalue weighted by atomic mass is 16.2. The standard InChI is InChI=1S/C14H25N3O2/c1-9(2)16-12(18)10(3)17-13(19)11-8-14(11)4-6-15-7-5-14/h9-11,15H,4-8H2,1-3H3,(H,16,18)(H,17,19). The van der Waals surface area contributed by atoms with Gasteiger partial charge >= 0.3 is 0 Å².